The minimum Gasteiger partial charge on any atom is -0.494 e. The Morgan fingerprint density at radius 1 is 1.12 bits per heavy atom. The number of hydrogen-bond donors (Lipinski definition) is 0. The summed E-state index contributed by atoms with van der Waals surface area (Å²) in [5.74, 6) is 0.920. The Morgan fingerprint density at radius 2 is 1.84 bits per heavy atom. The minimum absolute atomic E-state index is 0.0718. The lowest BCUT2D eigenvalue weighted by atomic mass is 10.2. The standard InChI is InChI=1S/C20H28N2O2S/c1-4-7-13-21-20-22(14-8-5-2)19(23)18(25-20)15-16-9-11-17(12-10-16)24-6-3/h9-12,15H,4-8,13-14H2,1-3H3. The fourth-order valence-electron chi connectivity index (χ4n) is 2.45. The normalized spacial score (nSPS) is 17.7. The van der Waals surface area contributed by atoms with Crippen LogP contribution in [0.4, 0.5) is 0 Å². The summed E-state index contributed by atoms with van der Waals surface area (Å²) in [7, 11) is 0. The molecule has 0 radical (unpaired) electrons. The van der Waals surface area contributed by atoms with Gasteiger partial charge in [-0.3, -0.25) is 14.7 Å². The molecule has 0 saturated carbocycles. The molecule has 0 aromatic heterocycles. The van der Waals surface area contributed by atoms with Crippen LogP contribution in [0.3, 0.4) is 0 Å². The van der Waals surface area contributed by atoms with Crippen molar-refractivity contribution in [2.45, 2.75) is 46.5 Å². The van der Waals surface area contributed by atoms with Crippen LogP contribution in [-0.2, 0) is 4.79 Å². The average molecular weight is 361 g/mol. The van der Waals surface area contributed by atoms with Crippen molar-refractivity contribution in [1.82, 2.24) is 4.90 Å². The number of thioether (sulfide) groups is 1. The molecule has 4 nitrogen and oxygen atoms in total. The molecule has 1 heterocycles. The van der Waals surface area contributed by atoms with Gasteiger partial charge in [-0.2, -0.15) is 0 Å². The van der Waals surface area contributed by atoms with Gasteiger partial charge in [-0.1, -0.05) is 38.8 Å². The molecular weight excluding hydrogens is 332 g/mol. The summed E-state index contributed by atoms with van der Waals surface area (Å²) >= 11 is 1.49. The minimum atomic E-state index is 0.0718. The first-order chi connectivity index (χ1) is 12.2. The van der Waals surface area contributed by atoms with Crippen LogP contribution >= 0.6 is 11.8 Å². The number of ether oxygens (including phenoxy) is 1. The van der Waals surface area contributed by atoms with E-state index in [1.165, 1.54) is 11.8 Å². The van der Waals surface area contributed by atoms with Crippen LogP contribution in [0.5, 0.6) is 5.75 Å². The van der Waals surface area contributed by atoms with E-state index in [0.29, 0.717) is 6.61 Å². The number of rotatable bonds is 9. The van der Waals surface area contributed by atoms with Gasteiger partial charge >= 0.3 is 0 Å². The van der Waals surface area contributed by atoms with Crippen molar-refractivity contribution >= 4 is 28.9 Å². The highest BCUT2D eigenvalue weighted by Gasteiger charge is 2.32. The van der Waals surface area contributed by atoms with E-state index in [9.17, 15) is 4.79 Å². The van der Waals surface area contributed by atoms with Crippen LogP contribution in [0.25, 0.3) is 6.08 Å². The summed E-state index contributed by atoms with van der Waals surface area (Å²) in [5, 5.41) is 0.851. The topological polar surface area (TPSA) is 41.9 Å². The molecule has 0 spiro atoms. The Morgan fingerprint density at radius 3 is 2.48 bits per heavy atom. The summed E-state index contributed by atoms with van der Waals surface area (Å²) in [5.41, 5.74) is 1.00. The molecule has 1 fully saturated rings. The van der Waals surface area contributed by atoms with E-state index < -0.39 is 0 Å². The first kappa shape index (κ1) is 19.6. The van der Waals surface area contributed by atoms with Crippen molar-refractivity contribution in [2.24, 2.45) is 4.99 Å². The van der Waals surface area contributed by atoms with Crippen molar-refractivity contribution in [3.8, 4) is 5.75 Å². The van der Waals surface area contributed by atoms with Gasteiger partial charge in [-0.15, -0.1) is 0 Å². The molecule has 0 N–H and O–H groups in total. The quantitative estimate of drug-likeness (QED) is 0.462. The molecule has 0 atom stereocenters. The molecule has 1 aromatic carbocycles. The van der Waals surface area contributed by atoms with E-state index in [4.69, 9.17) is 4.74 Å². The third kappa shape index (κ3) is 5.63. The summed E-state index contributed by atoms with van der Waals surface area (Å²) in [6.45, 7) is 8.43. The molecule has 0 bridgehead atoms. The van der Waals surface area contributed by atoms with Crippen LogP contribution in [0.2, 0.25) is 0 Å². The number of amidine groups is 1. The van der Waals surface area contributed by atoms with Crippen molar-refractivity contribution in [2.75, 3.05) is 19.7 Å². The Bertz CT molecular complexity index is 623. The van der Waals surface area contributed by atoms with Crippen LogP contribution < -0.4 is 4.74 Å². The molecule has 5 heteroatoms. The molecule has 0 unspecified atom stereocenters. The Kier molecular flexibility index (Phi) is 8.06. The average Bonchev–Trinajstić information content (AvgIpc) is 2.90. The molecule has 2 rings (SSSR count). The van der Waals surface area contributed by atoms with Gasteiger partial charge in [0.1, 0.15) is 5.75 Å². The Balaban J connectivity index is 2.16. The van der Waals surface area contributed by atoms with E-state index in [-0.39, 0.29) is 5.91 Å². The van der Waals surface area contributed by atoms with E-state index >= 15 is 0 Å². The molecule has 0 aliphatic carbocycles. The maximum atomic E-state index is 12.8. The Labute approximate surface area is 155 Å². The third-order valence-electron chi connectivity index (χ3n) is 3.87. The number of amides is 1. The fourth-order valence-corrected chi connectivity index (χ4v) is 3.48. The lowest BCUT2D eigenvalue weighted by Gasteiger charge is -2.14. The van der Waals surface area contributed by atoms with E-state index in [2.05, 4.69) is 18.8 Å². The highest BCUT2D eigenvalue weighted by Crippen LogP contribution is 2.33. The molecule has 1 aliphatic rings. The number of benzene rings is 1. The molecule has 136 valence electrons. The van der Waals surface area contributed by atoms with Crippen molar-refractivity contribution < 1.29 is 9.53 Å². The zero-order chi connectivity index (χ0) is 18.1. The van der Waals surface area contributed by atoms with Gasteiger partial charge in [0.05, 0.1) is 11.5 Å². The lowest BCUT2D eigenvalue weighted by molar-refractivity contribution is -0.122. The molecule has 1 aromatic rings. The molecular formula is C20H28N2O2S. The molecule has 25 heavy (non-hydrogen) atoms. The molecule has 1 saturated heterocycles. The van der Waals surface area contributed by atoms with E-state index in [1.54, 1.807) is 0 Å². The molecule has 1 amide bonds. The van der Waals surface area contributed by atoms with Crippen LogP contribution in [0.15, 0.2) is 34.2 Å². The number of aliphatic imine (C=N–C) groups is 1. The van der Waals surface area contributed by atoms with Gasteiger partial charge in [0, 0.05) is 13.1 Å². The van der Waals surface area contributed by atoms with Crippen molar-refractivity contribution in [3.05, 3.63) is 34.7 Å². The number of unbranched alkanes of at least 4 members (excludes halogenated alkanes) is 2. The maximum absolute atomic E-state index is 12.8. The van der Waals surface area contributed by atoms with Gasteiger partial charge in [0.2, 0.25) is 0 Å². The van der Waals surface area contributed by atoms with Crippen LogP contribution in [0, 0.1) is 0 Å². The van der Waals surface area contributed by atoms with Gasteiger partial charge in [0.25, 0.3) is 5.91 Å². The third-order valence-corrected chi connectivity index (χ3v) is 4.92. The van der Waals surface area contributed by atoms with Crippen molar-refractivity contribution in [3.63, 3.8) is 0 Å². The predicted molar refractivity (Wildman–Crippen MR) is 107 cm³/mol. The maximum Gasteiger partial charge on any atom is 0.266 e. The zero-order valence-corrected chi connectivity index (χ0v) is 16.3. The first-order valence-electron chi connectivity index (χ1n) is 9.18. The Hall–Kier alpha value is -1.75. The van der Waals surface area contributed by atoms with Gasteiger partial charge < -0.3 is 4.74 Å². The van der Waals surface area contributed by atoms with Crippen LogP contribution in [-0.4, -0.2) is 35.7 Å². The van der Waals surface area contributed by atoms with E-state index in [0.717, 1.165) is 60.2 Å². The molecule has 1 aliphatic heterocycles. The van der Waals surface area contributed by atoms with Gasteiger partial charge in [-0.05, 0) is 55.3 Å². The summed E-state index contributed by atoms with van der Waals surface area (Å²) < 4.78 is 5.47. The first-order valence-corrected chi connectivity index (χ1v) is 9.99. The smallest absolute Gasteiger partial charge is 0.266 e. The predicted octanol–water partition coefficient (Wildman–Crippen LogP) is 4.96. The number of carbonyl (C=O) groups is 1. The second-order valence-corrected chi connectivity index (χ2v) is 6.95. The monoisotopic (exact) mass is 360 g/mol. The summed E-state index contributed by atoms with van der Waals surface area (Å²) in [4.78, 5) is 20.0. The van der Waals surface area contributed by atoms with Crippen molar-refractivity contribution in [1.29, 1.82) is 0 Å². The lowest BCUT2D eigenvalue weighted by Crippen LogP contribution is -2.30. The summed E-state index contributed by atoms with van der Waals surface area (Å²) in [6.07, 6.45) is 6.17. The second-order valence-electron chi connectivity index (χ2n) is 5.94. The highest BCUT2D eigenvalue weighted by molar-refractivity contribution is 8.18. The largest absolute Gasteiger partial charge is 0.494 e. The van der Waals surface area contributed by atoms with Crippen LogP contribution in [0.1, 0.15) is 52.0 Å². The SMILES string of the molecule is CCCCN=C1SC(=Cc2ccc(OCC)cc2)C(=O)N1CCCC. The second kappa shape index (κ2) is 10.3. The fraction of sp³-hybridized carbons (Fsp3) is 0.500. The number of hydrogen-bond acceptors (Lipinski definition) is 4. The number of carbonyl (C=O) groups excluding carboxylic acids is 1. The zero-order valence-electron chi connectivity index (χ0n) is 15.5. The van der Waals surface area contributed by atoms with Gasteiger partial charge in [-0.25, -0.2) is 0 Å². The highest BCUT2D eigenvalue weighted by atomic mass is 32.2. The van der Waals surface area contributed by atoms with E-state index in [1.807, 2.05) is 42.2 Å². The summed E-state index contributed by atoms with van der Waals surface area (Å²) in [6, 6.07) is 7.83. The number of nitrogens with zero attached hydrogens (tertiary/aromatic N) is 2. The van der Waals surface area contributed by atoms with Gasteiger partial charge in [0.15, 0.2) is 5.17 Å².